The highest BCUT2D eigenvalue weighted by Gasteiger charge is 2.37. The summed E-state index contributed by atoms with van der Waals surface area (Å²) in [6, 6.07) is 0.733. The lowest BCUT2D eigenvalue weighted by atomic mass is 9.92. The number of hydrogen-bond acceptors (Lipinski definition) is 9. The maximum atomic E-state index is 14.4. The van der Waals surface area contributed by atoms with Crippen molar-refractivity contribution in [3.8, 4) is 0 Å². The molecule has 0 radical (unpaired) electrons. The molecule has 0 aromatic carbocycles. The van der Waals surface area contributed by atoms with Crippen molar-refractivity contribution in [3.63, 3.8) is 0 Å². The topological polar surface area (TPSA) is 137 Å². The highest BCUT2D eigenvalue weighted by Crippen LogP contribution is 2.31. The largest absolute Gasteiger partial charge is 0.381 e. The number of nitrogens with one attached hydrogen (secondary N) is 3. The van der Waals surface area contributed by atoms with E-state index in [0.717, 1.165) is 31.2 Å². The Hall–Kier alpha value is -3.58. The second kappa shape index (κ2) is 9.95. The summed E-state index contributed by atoms with van der Waals surface area (Å²) in [5.74, 6) is 0.539. The number of hydrogen-bond donors (Lipinski definition) is 3. The molecule has 4 heterocycles. The summed E-state index contributed by atoms with van der Waals surface area (Å²) in [6.07, 6.45) is 5.47. The van der Waals surface area contributed by atoms with Gasteiger partial charge in [0.25, 0.3) is 5.56 Å². The normalized spacial score (nSPS) is 27.4. The molecule has 3 N–H and O–H groups in total. The van der Waals surface area contributed by atoms with Crippen LogP contribution in [-0.2, 0) is 16.1 Å². The van der Waals surface area contributed by atoms with Crippen LogP contribution in [0.3, 0.4) is 0 Å². The second-order valence-electron chi connectivity index (χ2n) is 10.2. The predicted octanol–water partition coefficient (Wildman–Crippen LogP) is 2.86. The van der Waals surface area contributed by atoms with Crippen LogP contribution in [0.25, 0.3) is 11.2 Å². The van der Waals surface area contributed by atoms with Gasteiger partial charge in [0.15, 0.2) is 17.0 Å². The summed E-state index contributed by atoms with van der Waals surface area (Å²) >= 11 is 0. The number of nitrogens with zero attached hydrogens (tertiary/aromatic N) is 5. The number of halogens is 1. The number of carbonyl (C=O) groups excluding carboxylic acids is 1. The van der Waals surface area contributed by atoms with Crippen LogP contribution in [0.15, 0.2) is 23.4 Å². The molecule has 3 aliphatic rings. The third-order valence-corrected chi connectivity index (χ3v) is 7.79. The molecule has 4 bridgehead atoms. The summed E-state index contributed by atoms with van der Waals surface area (Å²) in [6.45, 7) is 0.157. The first kappa shape index (κ1) is 24.7. The molecule has 2 fully saturated rings. The molecule has 2 aliphatic carbocycles. The number of imidazole rings is 1. The van der Waals surface area contributed by atoms with E-state index in [-0.39, 0.29) is 48.7 Å². The molecule has 38 heavy (non-hydrogen) atoms. The SMILES string of the molecule is CNc1nc2nc3c1ncn3C(=O)NC1C[C@@H](F)C[C@H]1OCc1cc(c(=O)n(C3CCC(OC)CC3)c1)N2. The number of alkyl halides is 1. The van der Waals surface area contributed by atoms with Gasteiger partial charge in [0, 0.05) is 39.2 Å². The molecule has 3 aromatic rings. The number of fused-ring (bicyclic) bond motifs is 4. The summed E-state index contributed by atoms with van der Waals surface area (Å²) in [5, 5.41) is 8.95. The van der Waals surface area contributed by atoms with E-state index in [9.17, 15) is 14.0 Å². The highest BCUT2D eigenvalue weighted by molar-refractivity contribution is 5.92. The Kier molecular flexibility index (Phi) is 6.48. The third kappa shape index (κ3) is 4.49. The Morgan fingerprint density at radius 3 is 2.76 bits per heavy atom. The van der Waals surface area contributed by atoms with Crippen molar-refractivity contribution < 1.29 is 18.7 Å². The third-order valence-electron chi connectivity index (χ3n) is 7.79. The van der Waals surface area contributed by atoms with Gasteiger partial charge in [-0.2, -0.15) is 9.97 Å². The Bertz CT molecular complexity index is 1420. The molecule has 1 unspecified atom stereocenters. The van der Waals surface area contributed by atoms with Crippen LogP contribution in [0.5, 0.6) is 0 Å². The van der Waals surface area contributed by atoms with Gasteiger partial charge in [0.05, 0.1) is 24.9 Å². The molecule has 3 atom stereocenters. The fourth-order valence-electron chi connectivity index (χ4n) is 5.77. The number of pyridine rings is 1. The standard InChI is InChI=1S/C25H31FN8O4/c1-27-21-20-22-32-24(31-21)29-18-7-13(10-33(23(18)35)15-3-5-16(37-2)6-4-15)11-38-19-9-14(26)8-17(19)30-25(36)34(22)12-28-20/h7,10,12,14-17,19H,3-6,8-9,11H2,1-2H3,(H,30,36)(H2,27,29,31,32)/t14-,15?,16?,17?,19-/m1/s1. The molecule has 6 rings (SSSR count). The van der Waals surface area contributed by atoms with E-state index in [1.54, 1.807) is 24.8 Å². The lowest BCUT2D eigenvalue weighted by molar-refractivity contribution is 0.0268. The summed E-state index contributed by atoms with van der Waals surface area (Å²) in [4.78, 5) is 40.1. The molecule has 1 amide bonds. The Balaban J connectivity index is 1.46. The van der Waals surface area contributed by atoms with E-state index in [4.69, 9.17) is 9.47 Å². The summed E-state index contributed by atoms with van der Waals surface area (Å²) in [5.41, 5.74) is 1.49. The van der Waals surface area contributed by atoms with Crippen LogP contribution in [0.1, 0.15) is 50.1 Å². The zero-order valence-corrected chi connectivity index (χ0v) is 21.3. The van der Waals surface area contributed by atoms with Gasteiger partial charge in [-0.05, 0) is 37.3 Å². The minimum atomic E-state index is -1.09. The quantitative estimate of drug-likeness (QED) is 0.470. The number of anilines is 3. The summed E-state index contributed by atoms with van der Waals surface area (Å²) < 4.78 is 29.1. The van der Waals surface area contributed by atoms with Gasteiger partial charge in [-0.3, -0.25) is 4.79 Å². The maximum Gasteiger partial charge on any atom is 0.328 e. The van der Waals surface area contributed by atoms with E-state index in [1.807, 2.05) is 6.20 Å². The molecule has 202 valence electrons. The van der Waals surface area contributed by atoms with Crippen molar-refractivity contribution in [3.05, 3.63) is 34.5 Å². The average Bonchev–Trinajstić information content (AvgIpc) is 3.50. The van der Waals surface area contributed by atoms with Gasteiger partial charge in [-0.15, -0.1) is 0 Å². The first-order valence-corrected chi connectivity index (χ1v) is 13.0. The maximum absolute atomic E-state index is 14.4. The van der Waals surface area contributed by atoms with Crippen LogP contribution < -0.4 is 21.5 Å². The van der Waals surface area contributed by atoms with Crippen LogP contribution in [0, 0.1) is 0 Å². The molecule has 1 aliphatic heterocycles. The average molecular weight is 527 g/mol. The van der Waals surface area contributed by atoms with E-state index >= 15 is 0 Å². The van der Waals surface area contributed by atoms with Crippen molar-refractivity contribution in [1.82, 2.24) is 29.4 Å². The number of methoxy groups -OCH3 is 1. The molecular formula is C25H31FN8O4. The molecule has 13 heteroatoms. The molecule has 0 spiro atoms. The minimum Gasteiger partial charge on any atom is -0.381 e. The van der Waals surface area contributed by atoms with Crippen molar-refractivity contribution in [2.24, 2.45) is 0 Å². The van der Waals surface area contributed by atoms with Crippen molar-refractivity contribution in [1.29, 1.82) is 0 Å². The van der Waals surface area contributed by atoms with Crippen molar-refractivity contribution in [2.75, 3.05) is 24.8 Å². The monoisotopic (exact) mass is 526 g/mol. The number of aromatic nitrogens is 5. The Morgan fingerprint density at radius 2 is 2.00 bits per heavy atom. The molecular weight excluding hydrogens is 495 g/mol. The molecule has 12 nitrogen and oxygen atoms in total. The van der Waals surface area contributed by atoms with Crippen LogP contribution in [0.2, 0.25) is 0 Å². The van der Waals surface area contributed by atoms with E-state index in [0.29, 0.717) is 17.0 Å². The highest BCUT2D eigenvalue weighted by atomic mass is 19.1. The van der Waals surface area contributed by atoms with Crippen LogP contribution in [-0.4, -0.2) is 68.7 Å². The summed E-state index contributed by atoms with van der Waals surface area (Å²) in [7, 11) is 3.41. The van der Waals surface area contributed by atoms with Crippen molar-refractivity contribution in [2.45, 2.75) is 75.6 Å². The van der Waals surface area contributed by atoms with Crippen molar-refractivity contribution >= 4 is 34.6 Å². The van der Waals surface area contributed by atoms with Gasteiger partial charge in [0.1, 0.15) is 18.2 Å². The van der Waals surface area contributed by atoms with Crippen LogP contribution >= 0.6 is 0 Å². The number of amides is 1. The molecule has 2 saturated carbocycles. The zero-order valence-electron chi connectivity index (χ0n) is 21.3. The number of rotatable bonds is 3. The first-order chi connectivity index (χ1) is 18.4. The van der Waals surface area contributed by atoms with E-state index in [1.165, 1.54) is 10.9 Å². The van der Waals surface area contributed by atoms with Gasteiger partial charge >= 0.3 is 6.03 Å². The van der Waals surface area contributed by atoms with Gasteiger partial charge in [-0.1, -0.05) is 0 Å². The van der Waals surface area contributed by atoms with E-state index < -0.39 is 24.3 Å². The lowest BCUT2D eigenvalue weighted by Crippen LogP contribution is -2.43. The van der Waals surface area contributed by atoms with Gasteiger partial charge in [-0.25, -0.2) is 18.7 Å². The second-order valence-corrected chi connectivity index (χ2v) is 10.2. The van der Waals surface area contributed by atoms with Gasteiger partial charge < -0.3 is 30.0 Å². The minimum absolute atomic E-state index is 0.0136. The molecule has 0 saturated heterocycles. The Labute approximate surface area is 217 Å². The van der Waals surface area contributed by atoms with Crippen LogP contribution in [0.4, 0.5) is 26.6 Å². The number of carbonyl (C=O) groups is 1. The Morgan fingerprint density at radius 1 is 1.18 bits per heavy atom. The van der Waals surface area contributed by atoms with E-state index in [2.05, 4.69) is 30.9 Å². The predicted molar refractivity (Wildman–Crippen MR) is 138 cm³/mol. The fraction of sp³-hybridized carbons (Fsp3) is 0.560. The van der Waals surface area contributed by atoms with Gasteiger partial charge in [0.2, 0.25) is 5.95 Å². The smallest absolute Gasteiger partial charge is 0.328 e. The lowest BCUT2D eigenvalue weighted by Gasteiger charge is -2.30. The molecule has 3 aromatic heterocycles. The number of ether oxygens (including phenoxy) is 2. The first-order valence-electron chi connectivity index (χ1n) is 13.0. The fourth-order valence-corrected chi connectivity index (χ4v) is 5.77. The zero-order chi connectivity index (χ0) is 26.4.